The second-order valence-corrected chi connectivity index (χ2v) is 5.38. The summed E-state index contributed by atoms with van der Waals surface area (Å²) in [5.74, 6) is 0.748. The molecule has 1 N–H and O–H groups in total. The fourth-order valence-electron chi connectivity index (χ4n) is 2.60. The van der Waals surface area contributed by atoms with E-state index >= 15 is 0 Å². The SMILES string of the molecule is COc1cc(NC2CCCCCC2C#N)ccc1Cl. The predicted molar refractivity (Wildman–Crippen MR) is 77.6 cm³/mol. The molecular formula is C15H19ClN2O. The van der Waals surface area contributed by atoms with Gasteiger partial charge in [0.25, 0.3) is 0 Å². The summed E-state index contributed by atoms with van der Waals surface area (Å²) in [4.78, 5) is 0. The van der Waals surface area contributed by atoms with Gasteiger partial charge in [0.15, 0.2) is 0 Å². The third kappa shape index (κ3) is 3.54. The summed E-state index contributed by atoms with van der Waals surface area (Å²) in [5, 5.41) is 13.3. The molecule has 1 aliphatic rings. The zero-order valence-electron chi connectivity index (χ0n) is 11.2. The maximum atomic E-state index is 9.27. The number of rotatable bonds is 3. The monoisotopic (exact) mass is 278 g/mol. The molecule has 0 aliphatic heterocycles. The number of anilines is 1. The van der Waals surface area contributed by atoms with Crippen LogP contribution in [-0.4, -0.2) is 13.2 Å². The third-order valence-corrected chi connectivity index (χ3v) is 4.00. The molecule has 1 aromatic carbocycles. The first-order chi connectivity index (χ1) is 9.24. The quantitative estimate of drug-likeness (QED) is 0.842. The van der Waals surface area contributed by atoms with E-state index in [1.165, 1.54) is 12.8 Å². The van der Waals surface area contributed by atoms with Gasteiger partial charge in [0.1, 0.15) is 5.75 Å². The number of methoxy groups -OCH3 is 1. The second kappa shape index (κ2) is 6.68. The number of hydrogen-bond acceptors (Lipinski definition) is 3. The molecule has 0 aromatic heterocycles. The van der Waals surface area contributed by atoms with E-state index in [9.17, 15) is 5.26 Å². The molecular weight excluding hydrogens is 260 g/mol. The number of ether oxygens (including phenoxy) is 1. The lowest BCUT2D eigenvalue weighted by Gasteiger charge is -2.22. The minimum atomic E-state index is 0.0872. The predicted octanol–water partition coefficient (Wildman–Crippen LogP) is 4.23. The Balaban J connectivity index is 2.12. The molecule has 2 unspecified atom stereocenters. The van der Waals surface area contributed by atoms with Gasteiger partial charge in [-0.15, -0.1) is 0 Å². The van der Waals surface area contributed by atoms with Crippen molar-refractivity contribution in [1.29, 1.82) is 5.26 Å². The Bertz CT molecular complexity index is 470. The molecule has 102 valence electrons. The fraction of sp³-hybridized carbons (Fsp3) is 0.533. The van der Waals surface area contributed by atoms with Crippen molar-refractivity contribution in [2.45, 2.75) is 38.1 Å². The highest BCUT2D eigenvalue weighted by atomic mass is 35.5. The minimum absolute atomic E-state index is 0.0872. The highest BCUT2D eigenvalue weighted by molar-refractivity contribution is 6.32. The fourth-order valence-corrected chi connectivity index (χ4v) is 2.79. The number of nitrogens with zero attached hydrogens (tertiary/aromatic N) is 1. The summed E-state index contributed by atoms with van der Waals surface area (Å²) >= 11 is 6.02. The number of hydrogen-bond donors (Lipinski definition) is 1. The summed E-state index contributed by atoms with van der Waals surface area (Å²) in [5.41, 5.74) is 0.966. The van der Waals surface area contributed by atoms with E-state index < -0.39 is 0 Å². The van der Waals surface area contributed by atoms with Crippen LogP contribution in [0, 0.1) is 17.2 Å². The van der Waals surface area contributed by atoms with Crippen molar-refractivity contribution < 1.29 is 4.74 Å². The van der Waals surface area contributed by atoms with Gasteiger partial charge in [-0.1, -0.05) is 30.9 Å². The molecule has 1 fully saturated rings. The molecule has 0 amide bonds. The van der Waals surface area contributed by atoms with Gasteiger partial charge < -0.3 is 10.1 Å². The first-order valence-electron chi connectivity index (χ1n) is 6.74. The zero-order chi connectivity index (χ0) is 13.7. The maximum absolute atomic E-state index is 9.27. The molecule has 1 aromatic rings. The Kier molecular flexibility index (Phi) is 4.93. The van der Waals surface area contributed by atoms with Crippen LogP contribution in [0.3, 0.4) is 0 Å². The lowest BCUT2D eigenvalue weighted by atomic mass is 9.96. The van der Waals surface area contributed by atoms with Gasteiger partial charge in [-0.25, -0.2) is 0 Å². The van der Waals surface area contributed by atoms with E-state index in [1.807, 2.05) is 18.2 Å². The van der Waals surface area contributed by atoms with E-state index in [0.29, 0.717) is 10.8 Å². The zero-order valence-corrected chi connectivity index (χ0v) is 11.9. The van der Waals surface area contributed by atoms with Gasteiger partial charge in [-0.05, 0) is 25.0 Å². The van der Waals surface area contributed by atoms with Gasteiger partial charge >= 0.3 is 0 Å². The van der Waals surface area contributed by atoms with Crippen LogP contribution in [0.15, 0.2) is 18.2 Å². The Morgan fingerprint density at radius 2 is 2.11 bits per heavy atom. The number of nitrogens with one attached hydrogen (secondary N) is 1. The Morgan fingerprint density at radius 3 is 2.84 bits per heavy atom. The molecule has 1 aliphatic carbocycles. The van der Waals surface area contributed by atoms with Gasteiger partial charge in [-0.3, -0.25) is 0 Å². The molecule has 1 saturated carbocycles. The van der Waals surface area contributed by atoms with Crippen LogP contribution < -0.4 is 10.1 Å². The van der Waals surface area contributed by atoms with Crippen molar-refractivity contribution in [1.82, 2.24) is 0 Å². The van der Waals surface area contributed by atoms with Crippen molar-refractivity contribution in [2.24, 2.45) is 5.92 Å². The lowest BCUT2D eigenvalue weighted by molar-refractivity contribution is 0.415. The summed E-state index contributed by atoms with van der Waals surface area (Å²) in [6.07, 6.45) is 5.59. The highest BCUT2D eigenvalue weighted by Crippen LogP contribution is 2.30. The topological polar surface area (TPSA) is 45.0 Å². The van der Waals surface area contributed by atoms with Crippen LogP contribution >= 0.6 is 11.6 Å². The van der Waals surface area contributed by atoms with Crippen LogP contribution in [0.4, 0.5) is 5.69 Å². The van der Waals surface area contributed by atoms with Crippen molar-refractivity contribution in [3.05, 3.63) is 23.2 Å². The molecule has 0 spiro atoms. The Hall–Kier alpha value is -1.40. The normalized spacial score (nSPS) is 23.2. The Labute approximate surface area is 119 Å². The average molecular weight is 279 g/mol. The molecule has 19 heavy (non-hydrogen) atoms. The van der Waals surface area contributed by atoms with E-state index in [1.54, 1.807) is 7.11 Å². The van der Waals surface area contributed by atoms with Crippen molar-refractivity contribution in [3.63, 3.8) is 0 Å². The molecule has 0 radical (unpaired) electrons. The van der Waals surface area contributed by atoms with Crippen LogP contribution in [0.1, 0.15) is 32.1 Å². The number of nitriles is 1. The third-order valence-electron chi connectivity index (χ3n) is 3.68. The van der Waals surface area contributed by atoms with Crippen LogP contribution in [0.5, 0.6) is 5.75 Å². The standard InChI is InChI=1S/C15H19ClN2O/c1-19-15-9-12(7-8-13(15)16)18-14-6-4-2-3-5-11(14)10-17/h7-9,11,14,18H,2-6H2,1H3. The smallest absolute Gasteiger partial charge is 0.139 e. The van der Waals surface area contributed by atoms with Gasteiger partial charge in [0.05, 0.1) is 24.1 Å². The van der Waals surface area contributed by atoms with Crippen LogP contribution in [0.2, 0.25) is 5.02 Å². The Morgan fingerprint density at radius 1 is 1.32 bits per heavy atom. The van der Waals surface area contributed by atoms with Gasteiger partial charge in [-0.2, -0.15) is 5.26 Å². The largest absolute Gasteiger partial charge is 0.495 e. The lowest BCUT2D eigenvalue weighted by Crippen LogP contribution is -2.27. The first-order valence-corrected chi connectivity index (χ1v) is 7.12. The van der Waals surface area contributed by atoms with Crippen molar-refractivity contribution in [3.8, 4) is 11.8 Å². The summed E-state index contributed by atoms with van der Waals surface area (Å²) < 4.78 is 5.22. The van der Waals surface area contributed by atoms with E-state index in [2.05, 4.69) is 11.4 Å². The minimum Gasteiger partial charge on any atom is -0.495 e. The summed E-state index contributed by atoms with van der Waals surface area (Å²) in [7, 11) is 1.61. The summed E-state index contributed by atoms with van der Waals surface area (Å²) in [6.45, 7) is 0. The van der Waals surface area contributed by atoms with E-state index in [4.69, 9.17) is 16.3 Å². The summed E-state index contributed by atoms with van der Waals surface area (Å²) in [6, 6.07) is 8.30. The molecule has 2 rings (SSSR count). The van der Waals surface area contributed by atoms with E-state index in [0.717, 1.165) is 24.9 Å². The molecule has 0 heterocycles. The molecule has 4 heteroatoms. The molecule has 0 saturated heterocycles. The van der Waals surface area contributed by atoms with Gasteiger partial charge in [0, 0.05) is 17.8 Å². The first kappa shape index (κ1) is 14.0. The van der Waals surface area contributed by atoms with Gasteiger partial charge in [0.2, 0.25) is 0 Å². The number of halogens is 1. The van der Waals surface area contributed by atoms with Crippen molar-refractivity contribution in [2.75, 3.05) is 12.4 Å². The second-order valence-electron chi connectivity index (χ2n) is 4.97. The van der Waals surface area contributed by atoms with Crippen molar-refractivity contribution >= 4 is 17.3 Å². The molecule has 3 nitrogen and oxygen atoms in total. The highest BCUT2D eigenvalue weighted by Gasteiger charge is 2.23. The van der Waals surface area contributed by atoms with E-state index in [-0.39, 0.29) is 12.0 Å². The maximum Gasteiger partial charge on any atom is 0.139 e. The molecule has 2 atom stereocenters. The average Bonchev–Trinajstić information content (AvgIpc) is 2.66. The van der Waals surface area contributed by atoms with Crippen LogP contribution in [0.25, 0.3) is 0 Å². The number of benzene rings is 1. The molecule has 0 bridgehead atoms. The van der Waals surface area contributed by atoms with Crippen LogP contribution in [-0.2, 0) is 0 Å².